The minimum atomic E-state index is -0.0127. The van der Waals surface area contributed by atoms with Gasteiger partial charge in [-0.1, -0.05) is 31.2 Å². The van der Waals surface area contributed by atoms with Gasteiger partial charge >= 0.3 is 0 Å². The van der Waals surface area contributed by atoms with Crippen molar-refractivity contribution < 1.29 is 4.79 Å². The third-order valence-electron chi connectivity index (χ3n) is 6.06. The van der Waals surface area contributed by atoms with Gasteiger partial charge in [0.05, 0.1) is 6.04 Å². The summed E-state index contributed by atoms with van der Waals surface area (Å²) in [5.41, 5.74) is 6.97. The van der Waals surface area contributed by atoms with Crippen LogP contribution in [-0.2, 0) is 6.54 Å². The zero-order chi connectivity index (χ0) is 20.3. The van der Waals surface area contributed by atoms with Crippen molar-refractivity contribution >= 4 is 5.91 Å². The molecule has 2 aromatic carbocycles. The molecule has 1 aliphatic heterocycles. The SMILES string of the molecule is Cc1cc(C)c([C@H](C)NC(=O)c2ccc(CN3CCC[C@@H](C)C3)cc2)cc1C. The number of carbonyl (C=O) groups is 1. The molecule has 2 aromatic rings. The van der Waals surface area contributed by atoms with E-state index in [2.05, 4.69) is 69.1 Å². The zero-order valence-corrected chi connectivity index (χ0v) is 18.0. The number of rotatable bonds is 5. The summed E-state index contributed by atoms with van der Waals surface area (Å²) >= 11 is 0. The molecule has 28 heavy (non-hydrogen) atoms. The molecule has 3 heteroatoms. The highest BCUT2D eigenvalue weighted by Crippen LogP contribution is 2.22. The Bertz CT molecular complexity index is 825. The minimum absolute atomic E-state index is 0.0109. The van der Waals surface area contributed by atoms with Crippen LogP contribution in [0.1, 0.15) is 70.9 Å². The Morgan fingerprint density at radius 3 is 2.46 bits per heavy atom. The number of hydrogen-bond donors (Lipinski definition) is 1. The maximum atomic E-state index is 12.7. The Balaban J connectivity index is 1.62. The fraction of sp³-hybridized carbons (Fsp3) is 0.480. The molecular weight excluding hydrogens is 344 g/mol. The molecule has 0 aliphatic carbocycles. The van der Waals surface area contributed by atoms with Gasteiger partial charge < -0.3 is 5.32 Å². The Morgan fingerprint density at radius 1 is 1.11 bits per heavy atom. The summed E-state index contributed by atoms with van der Waals surface area (Å²) < 4.78 is 0. The lowest BCUT2D eigenvalue weighted by Gasteiger charge is -2.30. The van der Waals surface area contributed by atoms with Crippen LogP contribution in [0.3, 0.4) is 0 Å². The first-order valence-corrected chi connectivity index (χ1v) is 10.5. The van der Waals surface area contributed by atoms with Crippen molar-refractivity contribution in [2.45, 2.75) is 60.0 Å². The van der Waals surface area contributed by atoms with Crippen LogP contribution in [0.25, 0.3) is 0 Å². The van der Waals surface area contributed by atoms with Gasteiger partial charge in [-0.05, 0) is 92.9 Å². The Morgan fingerprint density at radius 2 is 1.79 bits per heavy atom. The third-order valence-corrected chi connectivity index (χ3v) is 6.06. The van der Waals surface area contributed by atoms with Gasteiger partial charge in [0.2, 0.25) is 0 Å². The summed E-state index contributed by atoms with van der Waals surface area (Å²) in [6.07, 6.45) is 2.63. The molecule has 1 aliphatic rings. The van der Waals surface area contributed by atoms with Crippen LogP contribution >= 0.6 is 0 Å². The van der Waals surface area contributed by atoms with E-state index in [0.717, 1.165) is 18.0 Å². The van der Waals surface area contributed by atoms with Crippen LogP contribution in [-0.4, -0.2) is 23.9 Å². The molecule has 0 spiro atoms. The van der Waals surface area contributed by atoms with Crippen molar-refractivity contribution in [3.63, 3.8) is 0 Å². The molecule has 150 valence electrons. The summed E-state index contributed by atoms with van der Waals surface area (Å²) in [5, 5.41) is 3.16. The highest BCUT2D eigenvalue weighted by atomic mass is 16.1. The molecule has 2 atom stereocenters. The van der Waals surface area contributed by atoms with E-state index in [1.54, 1.807) is 0 Å². The Labute approximate surface area is 170 Å². The predicted molar refractivity (Wildman–Crippen MR) is 117 cm³/mol. The standard InChI is InChI=1S/C25H34N2O/c1-17-7-6-12-27(15-17)16-22-8-10-23(11-9-22)25(28)26-21(5)24-14-19(3)18(2)13-20(24)4/h8-11,13-14,17,21H,6-7,12,15-16H2,1-5H3,(H,26,28)/t17-,21+/m1/s1. The van der Waals surface area contributed by atoms with Gasteiger partial charge in [0.25, 0.3) is 5.91 Å². The largest absolute Gasteiger partial charge is 0.346 e. The highest BCUT2D eigenvalue weighted by Gasteiger charge is 2.17. The highest BCUT2D eigenvalue weighted by molar-refractivity contribution is 5.94. The van der Waals surface area contributed by atoms with E-state index in [1.807, 2.05) is 12.1 Å². The lowest BCUT2D eigenvalue weighted by atomic mass is 9.96. The number of aryl methyl sites for hydroxylation is 3. The number of nitrogens with zero attached hydrogens (tertiary/aromatic N) is 1. The van der Waals surface area contributed by atoms with Crippen molar-refractivity contribution in [3.8, 4) is 0 Å². The monoisotopic (exact) mass is 378 g/mol. The summed E-state index contributed by atoms with van der Waals surface area (Å²) in [7, 11) is 0. The predicted octanol–water partition coefficient (Wildman–Crippen LogP) is 5.33. The van der Waals surface area contributed by atoms with E-state index < -0.39 is 0 Å². The fourth-order valence-corrected chi connectivity index (χ4v) is 4.26. The van der Waals surface area contributed by atoms with Gasteiger partial charge in [0.15, 0.2) is 0 Å². The maximum absolute atomic E-state index is 12.7. The first kappa shape index (κ1) is 20.6. The number of likely N-dealkylation sites (tertiary alicyclic amines) is 1. The molecule has 1 N–H and O–H groups in total. The van der Waals surface area contributed by atoms with Crippen molar-refractivity contribution in [1.82, 2.24) is 10.2 Å². The summed E-state index contributed by atoms with van der Waals surface area (Å²) in [5.74, 6) is 0.775. The van der Waals surface area contributed by atoms with Gasteiger partial charge in [-0.15, -0.1) is 0 Å². The molecule has 3 rings (SSSR count). The van der Waals surface area contributed by atoms with E-state index >= 15 is 0 Å². The van der Waals surface area contributed by atoms with E-state index in [1.165, 1.54) is 53.7 Å². The van der Waals surface area contributed by atoms with Gasteiger partial charge in [0, 0.05) is 18.7 Å². The number of nitrogens with one attached hydrogen (secondary N) is 1. The van der Waals surface area contributed by atoms with E-state index in [-0.39, 0.29) is 11.9 Å². The Hall–Kier alpha value is -2.13. The molecule has 1 heterocycles. The van der Waals surface area contributed by atoms with Crippen molar-refractivity contribution in [1.29, 1.82) is 0 Å². The second kappa shape index (κ2) is 8.91. The van der Waals surface area contributed by atoms with Crippen LogP contribution in [0.4, 0.5) is 0 Å². The maximum Gasteiger partial charge on any atom is 0.251 e. The smallest absolute Gasteiger partial charge is 0.251 e. The summed E-state index contributed by atoms with van der Waals surface area (Å²) in [4.78, 5) is 15.2. The van der Waals surface area contributed by atoms with Gasteiger partial charge in [-0.3, -0.25) is 9.69 Å². The van der Waals surface area contributed by atoms with E-state index in [9.17, 15) is 4.79 Å². The molecule has 0 aromatic heterocycles. The normalized spacial score (nSPS) is 18.7. The third kappa shape index (κ3) is 5.02. The molecule has 0 saturated carbocycles. The average molecular weight is 379 g/mol. The molecule has 1 fully saturated rings. The molecule has 0 unspecified atom stereocenters. The van der Waals surface area contributed by atoms with Crippen molar-refractivity contribution in [2.75, 3.05) is 13.1 Å². The molecule has 1 amide bonds. The number of benzene rings is 2. The lowest BCUT2D eigenvalue weighted by Crippen LogP contribution is -2.33. The number of piperidine rings is 1. The molecular formula is C25H34N2O. The summed E-state index contributed by atoms with van der Waals surface area (Å²) in [6, 6.07) is 12.5. The topological polar surface area (TPSA) is 32.3 Å². The second-order valence-corrected chi connectivity index (χ2v) is 8.67. The van der Waals surface area contributed by atoms with Crippen LogP contribution in [0.2, 0.25) is 0 Å². The average Bonchev–Trinajstić information content (AvgIpc) is 2.65. The first-order valence-electron chi connectivity index (χ1n) is 10.5. The number of amides is 1. The summed E-state index contributed by atoms with van der Waals surface area (Å²) in [6.45, 7) is 14.1. The number of carbonyl (C=O) groups excluding carboxylic acids is 1. The van der Waals surface area contributed by atoms with Crippen molar-refractivity contribution in [2.24, 2.45) is 5.92 Å². The van der Waals surface area contributed by atoms with Crippen molar-refractivity contribution in [3.05, 3.63) is 69.8 Å². The minimum Gasteiger partial charge on any atom is -0.346 e. The second-order valence-electron chi connectivity index (χ2n) is 8.67. The number of hydrogen-bond acceptors (Lipinski definition) is 2. The van der Waals surface area contributed by atoms with E-state index in [0.29, 0.717) is 0 Å². The van der Waals surface area contributed by atoms with E-state index in [4.69, 9.17) is 0 Å². The first-order chi connectivity index (χ1) is 13.3. The van der Waals surface area contributed by atoms with Crippen LogP contribution in [0, 0.1) is 26.7 Å². The Kier molecular flexibility index (Phi) is 6.56. The zero-order valence-electron chi connectivity index (χ0n) is 18.0. The fourth-order valence-electron chi connectivity index (χ4n) is 4.26. The van der Waals surface area contributed by atoms with Gasteiger partial charge in [-0.25, -0.2) is 0 Å². The quantitative estimate of drug-likeness (QED) is 0.762. The van der Waals surface area contributed by atoms with Gasteiger partial charge in [-0.2, -0.15) is 0 Å². The molecule has 0 bridgehead atoms. The van der Waals surface area contributed by atoms with Crippen LogP contribution in [0.15, 0.2) is 36.4 Å². The molecule has 1 saturated heterocycles. The molecule has 3 nitrogen and oxygen atoms in total. The van der Waals surface area contributed by atoms with Gasteiger partial charge in [0.1, 0.15) is 0 Å². The lowest BCUT2D eigenvalue weighted by molar-refractivity contribution is 0.0940. The molecule has 0 radical (unpaired) electrons. The van der Waals surface area contributed by atoms with Crippen LogP contribution < -0.4 is 5.32 Å². The van der Waals surface area contributed by atoms with Crippen LogP contribution in [0.5, 0.6) is 0 Å².